The molecule has 0 bridgehead atoms. The molecule has 0 saturated heterocycles. The van der Waals surface area contributed by atoms with Gasteiger partial charge < -0.3 is 19.7 Å². The van der Waals surface area contributed by atoms with Gasteiger partial charge in [0.2, 0.25) is 11.7 Å². The largest absolute Gasteiger partial charge is 0.387 e. The van der Waals surface area contributed by atoms with E-state index >= 15 is 0 Å². The smallest absolute Gasteiger partial charge is 0.274 e. The number of fused-ring (bicyclic) bond motifs is 1. The molecule has 4 heterocycles. The van der Waals surface area contributed by atoms with Crippen LogP contribution in [0.15, 0.2) is 53.4 Å². The van der Waals surface area contributed by atoms with Crippen LogP contribution in [-0.4, -0.2) is 58.5 Å². The number of hydrogen-bond acceptors (Lipinski definition) is 9. The molecule has 1 amide bonds. The Hall–Kier alpha value is -4.56. The lowest BCUT2D eigenvalue weighted by atomic mass is 10.1. The third-order valence-corrected chi connectivity index (χ3v) is 5.68. The number of hydrogen-bond donors (Lipinski definition) is 3. The van der Waals surface area contributed by atoms with Crippen molar-refractivity contribution in [1.29, 1.82) is 0 Å². The number of aliphatic hydroxyl groups is 1. The van der Waals surface area contributed by atoms with Gasteiger partial charge in [0.05, 0.1) is 25.8 Å². The molecule has 5 aromatic rings. The minimum Gasteiger partial charge on any atom is -0.387 e. The first-order chi connectivity index (χ1) is 18.4. The van der Waals surface area contributed by atoms with Crippen molar-refractivity contribution in [3.05, 3.63) is 77.3 Å². The van der Waals surface area contributed by atoms with Crippen LogP contribution in [0.3, 0.4) is 0 Å². The summed E-state index contributed by atoms with van der Waals surface area (Å²) in [5.41, 5.74) is 4.24. The lowest BCUT2D eigenvalue weighted by molar-refractivity contribution is -0.00754. The minimum atomic E-state index is -2.92. The molecule has 1 atom stereocenters. The van der Waals surface area contributed by atoms with Gasteiger partial charge in [-0.05, 0) is 36.2 Å². The van der Waals surface area contributed by atoms with Gasteiger partial charge in [0.1, 0.15) is 23.1 Å². The average molecular weight is 524 g/mol. The Bertz CT molecular complexity index is 1550. The van der Waals surface area contributed by atoms with Crippen LogP contribution in [0.25, 0.3) is 17.0 Å². The number of pyridine rings is 1. The van der Waals surface area contributed by atoms with Gasteiger partial charge in [-0.2, -0.15) is 4.98 Å². The standard InChI is InChI=1S/C24H22F2N8O4/c1-13-2-3-15(23-30-21(38-32-23)8-19(35)22(25)26)7-17(13)29-24(36)18-10-27-20-6-14(4-5-34(18)20)11-37-12-16-9-28-33-31-16/h2-7,9-10,19,22,35H,8,11-12H2,1H3,(H,29,36)(H,28,31,33)/t19-/m0/s1. The molecule has 0 aliphatic heterocycles. The monoisotopic (exact) mass is 524 g/mol. The zero-order valence-electron chi connectivity index (χ0n) is 20.0. The maximum absolute atomic E-state index is 13.1. The summed E-state index contributed by atoms with van der Waals surface area (Å²) < 4.78 is 37.5. The number of aliphatic hydroxyl groups excluding tert-OH is 1. The number of aromatic nitrogens is 7. The molecule has 0 unspecified atom stereocenters. The number of benzene rings is 1. The van der Waals surface area contributed by atoms with Crippen molar-refractivity contribution >= 4 is 17.2 Å². The van der Waals surface area contributed by atoms with E-state index in [2.05, 4.69) is 35.9 Å². The summed E-state index contributed by atoms with van der Waals surface area (Å²) in [5.74, 6) is -0.362. The van der Waals surface area contributed by atoms with Crippen molar-refractivity contribution in [3.8, 4) is 11.4 Å². The maximum atomic E-state index is 13.1. The normalized spacial score (nSPS) is 12.3. The molecule has 0 fully saturated rings. The number of nitrogens with one attached hydrogen (secondary N) is 2. The van der Waals surface area contributed by atoms with Gasteiger partial charge in [-0.3, -0.25) is 14.3 Å². The van der Waals surface area contributed by atoms with Gasteiger partial charge in [0.15, 0.2) is 0 Å². The van der Waals surface area contributed by atoms with Crippen LogP contribution in [0.4, 0.5) is 14.5 Å². The van der Waals surface area contributed by atoms with E-state index in [9.17, 15) is 18.7 Å². The van der Waals surface area contributed by atoms with Gasteiger partial charge in [-0.25, -0.2) is 13.8 Å². The average Bonchev–Trinajstić information content (AvgIpc) is 3.66. The summed E-state index contributed by atoms with van der Waals surface area (Å²) in [7, 11) is 0. The molecule has 0 saturated carbocycles. The molecule has 0 aliphatic carbocycles. The molecular formula is C24H22F2N8O4. The molecule has 4 aromatic heterocycles. The molecule has 12 nitrogen and oxygen atoms in total. The van der Waals surface area contributed by atoms with Gasteiger partial charge in [0, 0.05) is 23.6 Å². The topological polar surface area (TPSA) is 156 Å². The van der Waals surface area contributed by atoms with Crippen LogP contribution in [0, 0.1) is 6.92 Å². The zero-order chi connectivity index (χ0) is 26.6. The van der Waals surface area contributed by atoms with E-state index in [1.54, 1.807) is 35.0 Å². The van der Waals surface area contributed by atoms with E-state index < -0.39 is 19.0 Å². The number of nitrogens with zero attached hydrogens (tertiary/aromatic N) is 6. The highest BCUT2D eigenvalue weighted by Gasteiger charge is 2.21. The second kappa shape index (κ2) is 10.8. The Kier molecular flexibility index (Phi) is 7.15. The summed E-state index contributed by atoms with van der Waals surface area (Å²) in [5, 5.41) is 26.1. The highest BCUT2D eigenvalue weighted by Crippen LogP contribution is 2.25. The molecule has 5 rings (SSSR count). The first-order valence-electron chi connectivity index (χ1n) is 11.5. The summed E-state index contributed by atoms with van der Waals surface area (Å²) in [6.45, 7) is 2.47. The number of amides is 1. The van der Waals surface area contributed by atoms with Crippen molar-refractivity contribution in [2.75, 3.05) is 5.32 Å². The predicted molar refractivity (Wildman–Crippen MR) is 128 cm³/mol. The maximum Gasteiger partial charge on any atom is 0.274 e. The summed E-state index contributed by atoms with van der Waals surface area (Å²) in [6, 6.07) is 8.78. The van der Waals surface area contributed by atoms with E-state index in [1.165, 1.54) is 6.20 Å². The lowest BCUT2D eigenvalue weighted by Crippen LogP contribution is -2.20. The number of alkyl halides is 2. The highest BCUT2D eigenvalue weighted by atomic mass is 19.3. The number of carbonyl (C=O) groups is 1. The van der Waals surface area contributed by atoms with Gasteiger partial charge in [-0.15, -0.1) is 5.10 Å². The first-order valence-corrected chi connectivity index (χ1v) is 11.5. The molecule has 0 aliphatic rings. The molecular weight excluding hydrogens is 502 g/mol. The molecule has 3 N–H and O–H groups in total. The zero-order valence-corrected chi connectivity index (χ0v) is 20.0. The number of rotatable bonds is 10. The van der Waals surface area contributed by atoms with Crippen LogP contribution in [0.1, 0.15) is 33.2 Å². The first kappa shape index (κ1) is 25.1. The van der Waals surface area contributed by atoms with Crippen LogP contribution < -0.4 is 5.32 Å². The predicted octanol–water partition coefficient (Wildman–Crippen LogP) is 2.95. The fourth-order valence-electron chi connectivity index (χ4n) is 3.66. The van der Waals surface area contributed by atoms with Crippen LogP contribution in [0.5, 0.6) is 0 Å². The van der Waals surface area contributed by atoms with Crippen molar-refractivity contribution in [2.45, 2.75) is 39.1 Å². The molecule has 0 radical (unpaired) electrons. The van der Waals surface area contributed by atoms with Crippen molar-refractivity contribution < 1.29 is 27.9 Å². The Morgan fingerprint density at radius 1 is 1.26 bits per heavy atom. The van der Waals surface area contributed by atoms with Crippen LogP contribution in [0.2, 0.25) is 0 Å². The van der Waals surface area contributed by atoms with Crippen LogP contribution >= 0.6 is 0 Å². The third-order valence-electron chi connectivity index (χ3n) is 5.68. The Balaban J connectivity index is 1.28. The van der Waals surface area contributed by atoms with E-state index in [0.29, 0.717) is 41.5 Å². The van der Waals surface area contributed by atoms with Gasteiger partial charge in [-0.1, -0.05) is 22.5 Å². The number of halogens is 2. The Labute approximate surface area is 213 Å². The van der Waals surface area contributed by atoms with Crippen molar-refractivity contribution in [2.24, 2.45) is 0 Å². The fraction of sp³-hybridized carbons (Fsp3) is 0.250. The SMILES string of the molecule is Cc1ccc(-c2noc(C[C@H](O)C(F)F)n2)cc1NC(=O)c1cnc2cc(COCc3c[nH]nn3)ccn12. The van der Waals surface area contributed by atoms with Crippen molar-refractivity contribution in [3.63, 3.8) is 0 Å². The summed E-state index contributed by atoms with van der Waals surface area (Å²) in [4.78, 5) is 21.5. The second-order valence-electron chi connectivity index (χ2n) is 8.47. The number of anilines is 1. The van der Waals surface area contributed by atoms with E-state index in [-0.39, 0.29) is 17.6 Å². The Morgan fingerprint density at radius 2 is 2.13 bits per heavy atom. The second-order valence-corrected chi connectivity index (χ2v) is 8.47. The van der Waals surface area contributed by atoms with Crippen LogP contribution in [-0.2, 0) is 24.4 Å². The minimum absolute atomic E-state index is 0.118. The summed E-state index contributed by atoms with van der Waals surface area (Å²) in [6.07, 6.45) is -0.416. The fourth-order valence-corrected chi connectivity index (χ4v) is 3.66. The number of aromatic amines is 1. The molecule has 38 heavy (non-hydrogen) atoms. The highest BCUT2D eigenvalue weighted by molar-refractivity contribution is 6.04. The number of carbonyl (C=O) groups excluding carboxylic acids is 1. The van der Waals surface area contributed by atoms with Crippen molar-refractivity contribution in [1.82, 2.24) is 34.9 Å². The van der Waals surface area contributed by atoms with E-state index in [0.717, 1.165) is 11.1 Å². The molecule has 196 valence electrons. The number of imidazole rings is 1. The number of ether oxygens (including phenoxy) is 1. The van der Waals surface area contributed by atoms with Gasteiger partial charge in [0.25, 0.3) is 12.3 Å². The molecule has 14 heteroatoms. The number of H-pyrrole nitrogens is 1. The Morgan fingerprint density at radius 3 is 2.92 bits per heavy atom. The molecule has 0 spiro atoms. The van der Waals surface area contributed by atoms with E-state index in [4.69, 9.17) is 9.26 Å². The lowest BCUT2D eigenvalue weighted by Gasteiger charge is -2.10. The molecule has 1 aromatic carbocycles. The summed E-state index contributed by atoms with van der Waals surface area (Å²) >= 11 is 0. The van der Waals surface area contributed by atoms with Gasteiger partial charge >= 0.3 is 0 Å². The quantitative estimate of drug-likeness (QED) is 0.250. The number of aryl methyl sites for hydroxylation is 1. The van der Waals surface area contributed by atoms with E-state index in [1.807, 2.05) is 19.1 Å². The third kappa shape index (κ3) is 5.55.